The molecule has 3 heteroatoms. The molecule has 0 aromatic carbocycles. The van der Waals surface area contributed by atoms with Crippen LogP contribution in [-0.4, -0.2) is 29.4 Å². The molecule has 0 bridgehead atoms. The highest BCUT2D eigenvalue weighted by Crippen LogP contribution is 2.20. The van der Waals surface area contributed by atoms with Gasteiger partial charge in [-0.3, -0.25) is 4.79 Å². The maximum absolute atomic E-state index is 11.7. The summed E-state index contributed by atoms with van der Waals surface area (Å²) in [4.78, 5) is 13.6. The number of rotatable bonds is 2. The largest absolute Gasteiger partial charge is 0.341 e. The molecule has 0 aromatic rings. The quantitative estimate of drug-likeness (QED) is 0.695. The molecule has 3 nitrogen and oxygen atoms in total. The van der Waals surface area contributed by atoms with Gasteiger partial charge in [0.1, 0.15) is 0 Å². The zero-order chi connectivity index (χ0) is 10.1. The van der Waals surface area contributed by atoms with Gasteiger partial charge in [0.2, 0.25) is 5.91 Å². The van der Waals surface area contributed by atoms with Crippen molar-refractivity contribution in [1.82, 2.24) is 4.90 Å². The molecule has 0 saturated carbocycles. The van der Waals surface area contributed by atoms with E-state index in [0.717, 1.165) is 25.9 Å². The zero-order valence-electron chi connectivity index (χ0n) is 8.84. The van der Waals surface area contributed by atoms with Crippen LogP contribution in [0.2, 0.25) is 0 Å². The minimum Gasteiger partial charge on any atom is -0.341 e. The Morgan fingerprint density at radius 1 is 1.62 bits per heavy atom. The molecule has 1 heterocycles. The van der Waals surface area contributed by atoms with Crippen LogP contribution in [0.15, 0.2) is 0 Å². The summed E-state index contributed by atoms with van der Waals surface area (Å²) in [7, 11) is 0. The molecule has 1 rings (SSSR count). The minimum atomic E-state index is -0.706. The molecule has 1 atom stereocenters. The van der Waals surface area contributed by atoms with Crippen LogP contribution in [0.3, 0.4) is 0 Å². The maximum atomic E-state index is 11.7. The molecule has 0 spiro atoms. The first kappa shape index (κ1) is 10.5. The van der Waals surface area contributed by atoms with E-state index in [9.17, 15) is 4.79 Å². The molecule has 13 heavy (non-hydrogen) atoms. The standard InChI is InChI=1S/C10H20N2O/c1-4-8-5-6-12(7-8)9(13)10(2,3)11/h8H,4-7,11H2,1-3H3. The van der Waals surface area contributed by atoms with E-state index in [4.69, 9.17) is 5.73 Å². The molecule has 1 amide bonds. The van der Waals surface area contributed by atoms with Crippen LogP contribution in [0.25, 0.3) is 0 Å². The van der Waals surface area contributed by atoms with Crippen LogP contribution >= 0.6 is 0 Å². The van der Waals surface area contributed by atoms with E-state index >= 15 is 0 Å². The summed E-state index contributed by atoms with van der Waals surface area (Å²) in [5.41, 5.74) is 5.05. The molecule has 1 saturated heterocycles. The summed E-state index contributed by atoms with van der Waals surface area (Å²) >= 11 is 0. The first-order chi connectivity index (χ1) is 5.95. The summed E-state index contributed by atoms with van der Waals surface area (Å²) in [5.74, 6) is 0.773. The molecule has 0 aromatic heterocycles. The zero-order valence-corrected chi connectivity index (χ0v) is 8.84. The third-order valence-corrected chi connectivity index (χ3v) is 2.70. The second-order valence-electron chi connectivity index (χ2n) is 4.54. The molecule has 1 fully saturated rings. The lowest BCUT2D eigenvalue weighted by atomic mass is 10.1. The van der Waals surface area contributed by atoms with Gasteiger partial charge in [-0.1, -0.05) is 13.3 Å². The van der Waals surface area contributed by atoms with Crippen molar-refractivity contribution in [3.63, 3.8) is 0 Å². The smallest absolute Gasteiger partial charge is 0.242 e. The lowest BCUT2D eigenvalue weighted by Crippen LogP contribution is -2.50. The molecule has 76 valence electrons. The first-order valence-corrected chi connectivity index (χ1v) is 5.03. The lowest BCUT2D eigenvalue weighted by Gasteiger charge is -2.25. The highest BCUT2D eigenvalue weighted by atomic mass is 16.2. The van der Waals surface area contributed by atoms with Crippen LogP contribution in [0.4, 0.5) is 0 Å². The van der Waals surface area contributed by atoms with Gasteiger partial charge < -0.3 is 10.6 Å². The number of likely N-dealkylation sites (tertiary alicyclic amines) is 1. The Morgan fingerprint density at radius 3 is 2.62 bits per heavy atom. The predicted octanol–water partition coefficient (Wildman–Crippen LogP) is 0.982. The fourth-order valence-electron chi connectivity index (χ4n) is 1.76. The van der Waals surface area contributed by atoms with Gasteiger partial charge in [0.25, 0.3) is 0 Å². The van der Waals surface area contributed by atoms with E-state index in [0.29, 0.717) is 5.92 Å². The molecular weight excluding hydrogens is 164 g/mol. The van der Waals surface area contributed by atoms with E-state index in [1.165, 1.54) is 0 Å². The van der Waals surface area contributed by atoms with Crippen molar-refractivity contribution in [3.8, 4) is 0 Å². The van der Waals surface area contributed by atoms with Crippen molar-refractivity contribution in [2.24, 2.45) is 11.7 Å². The highest BCUT2D eigenvalue weighted by Gasteiger charge is 2.32. The maximum Gasteiger partial charge on any atom is 0.242 e. The summed E-state index contributed by atoms with van der Waals surface area (Å²) in [6.07, 6.45) is 2.30. The number of carbonyl (C=O) groups excluding carboxylic acids is 1. The van der Waals surface area contributed by atoms with E-state index < -0.39 is 5.54 Å². The first-order valence-electron chi connectivity index (χ1n) is 5.03. The van der Waals surface area contributed by atoms with Crippen LogP contribution in [-0.2, 0) is 4.79 Å². The average molecular weight is 184 g/mol. The van der Waals surface area contributed by atoms with Crippen molar-refractivity contribution in [2.45, 2.75) is 39.2 Å². The Kier molecular flexibility index (Phi) is 2.96. The number of nitrogens with zero attached hydrogens (tertiary/aromatic N) is 1. The molecule has 1 aliphatic heterocycles. The van der Waals surface area contributed by atoms with Gasteiger partial charge in [-0.25, -0.2) is 0 Å². The van der Waals surface area contributed by atoms with Gasteiger partial charge >= 0.3 is 0 Å². The number of nitrogens with two attached hydrogens (primary N) is 1. The van der Waals surface area contributed by atoms with Crippen LogP contribution in [0, 0.1) is 5.92 Å². The van der Waals surface area contributed by atoms with Crippen molar-refractivity contribution < 1.29 is 4.79 Å². The molecule has 1 aliphatic rings. The molecular formula is C10H20N2O. The second-order valence-corrected chi connectivity index (χ2v) is 4.54. The number of hydrogen-bond acceptors (Lipinski definition) is 2. The van der Waals surface area contributed by atoms with Gasteiger partial charge in [0.05, 0.1) is 5.54 Å². The predicted molar refractivity (Wildman–Crippen MR) is 53.2 cm³/mol. The van der Waals surface area contributed by atoms with Crippen LogP contribution in [0.5, 0.6) is 0 Å². The second kappa shape index (κ2) is 3.66. The van der Waals surface area contributed by atoms with Crippen molar-refractivity contribution in [2.75, 3.05) is 13.1 Å². The van der Waals surface area contributed by atoms with E-state index in [-0.39, 0.29) is 5.91 Å². The Balaban J connectivity index is 2.52. The summed E-state index contributed by atoms with van der Waals surface area (Å²) < 4.78 is 0. The third-order valence-electron chi connectivity index (χ3n) is 2.70. The minimum absolute atomic E-state index is 0.0865. The Hall–Kier alpha value is -0.570. The SMILES string of the molecule is CCC1CCN(C(=O)C(C)(C)N)C1. The van der Waals surface area contributed by atoms with Gasteiger partial charge in [0.15, 0.2) is 0 Å². The van der Waals surface area contributed by atoms with Crippen molar-refractivity contribution in [3.05, 3.63) is 0 Å². The number of amides is 1. The molecule has 0 radical (unpaired) electrons. The summed E-state index contributed by atoms with van der Waals surface area (Å²) in [6, 6.07) is 0. The third kappa shape index (κ3) is 2.44. The Labute approximate surface area is 80.3 Å². The highest BCUT2D eigenvalue weighted by molar-refractivity contribution is 5.85. The van der Waals surface area contributed by atoms with E-state index in [2.05, 4.69) is 6.92 Å². The Bertz CT molecular complexity index is 196. The summed E-state index contributed by atoms with van der Waals surface area (Å²) in [6.45, 7) is 7.50. The lowest BCUT2D eigenvalue weighted by molar-refractivity contribution is -0.134. The van der Waals surface area contributed by atoms with E-state index in [1.807, 2.05) is 4.90 Å². The average Bonchev–Trinajstić information content (AvgIpc) is 2.48. The Morgan fingerprint density at radius 2 is 2.23 bits per heavy atom. The molecule has 2 N–H and O–H groups in total. The van der Waals surface area contributed by atoms with E-state index in [1.54, 1.807) is 13.8 Å². The number of carbonyl (C=O) groups is 1. The van der Waals surface area contributed by atoms with Crippen molar-refractivity contribution >= 4 is 5.91 Å². The molecule has 1 unspecified atom stereocenters. The van der Waals surface area contributed by atoms with Crippen LogP contribution in [0.1, 0.15) is 33.6 Å². The molecule has 0 aliphatic carbocycles. The van der Waals surface area contributed by atoms with Gasteiger partial charge in [-0.2, -0.15) is 0 Å². The number of hydrogen-bond donors (Lipinski definition) is 1. The van der Waals surface area contributed by atoms with Gasteiger partial charge in [-0.05, 0) is 26.2 Å². The van der Waals surface area contributed by atoms with Crippen molar-refractivity contribution in [1.29, 1.82) is 0 Å². The van der Waals surface area contributed by atoms with Gasteiger partial charge in [0, 0.05) is 13.1 Å². The summed E-state index contributed by atoms with van der Waals surface area (Å²) in [5, 5.41) is 0. The normalized spacial score (nSPS) is 23.7. The van der Waals surface area contributed by atoms with Crippen LogP contribution < -0.4 is 5.73 Å². The topological polar surface area (TPSA) is 46.3 Å². The fourth-order valence-corrected chi connectivity index (χ4v) is 1.76. The van der Waals surface area contributed by atoms with Gasteiger partial charge in [-0.15, -0.1) is 0 Å². The fraction of sp³-hybridized carbons (Fsp3) is 0.900. The monoisotopic (exact) mass is 184 g/mol.